The van der Waals surface area contributed by atoms with Crippen molar-refractivity contribution in [3.63, 3.8) is 0 Å². The van der Waals surface area contributed by atoms with Crippen molar-refractivity contribution in [2.24, 2.45) is 0 Å². The van der Waals surface area contributed by atoms with E-state index in [0.717, 1.165) is 53.2 Å². The number of aryl methyl sites for hydroxylation is 1. The van der Waals surface area contributed by atoms with Gasteiger partial charge in [0.25, 0.3) is 0 Å². The first-order valence-corrected chi connectivity index (χ1v) is 9.69. The summed E-state index contributed by atoms with van der Waals surface area (Å²) in [6, 6.07) is 12.4. The highest BCUT2D eigenvalue weighted by Crippen LogP contribution is 2.34. The molecule has 0 fully saturated rings. The maximum Gasteiger partial charge on any atom is 0.162 e. The molecule has 142 valence electrons. The Morgan fingerprint density at radius 3 is 2.62 bits per heavy atom. The topological polar surface area (TPSA) is 33.7 Å². The number of nitrogens with zero attached hydrogens (tertiary/aromatic N) is 1. The van der Waals surface area contributed by atoms with Crippen LogP contribution in [0.4, 0.5) is 0 Å². The Morgan fingerprint density at radius 1 is 1.12 bits per heavy atom. The Bertz CT molecular complexity index is 704. The number of rotatable bonds is 10. The summed E-state index contributed by atoms with van der Waals surface area (Å²) >= 11 is 3.66. The molecule has 1 N–H and O–H groups in total. The van der Waals surface area contributed by atoms with E-state index in [1.54, 1.807) is 7.11 Å². The van der Waals surface area contributed by atoms with E-state index >= 15 is 0 Å². The molecule has 0 heterocycles. The van der Waals surface area contributed by atoms with Crippen LogP contribution >= 0.6 is 15.9 Å². The molecule has 0 unspecified atom stereocenters. The van der Waals surface area contributed by atoms with E-state index in [4.69, 9.17) is 9.47 Å². The standard InChI is InChI=1S/C21H29BrN2O2/c1-16-7-5-8-17(11-16)15-26-21-13-19(22)18(12-20(21)25-4)14-23-9-6-10-24(2)3/h5,7-8,11-13,23H,6,9-10,14-15H2,1-4H3. The van der Waals surface area contributed by atoms with Crippen molar-refractivity contribution in [1.29, 1.82) is 0 Å². The minimum Gasteiger partial charge on any atom is -0.493 e. The molecule has 0 aromatic heterocycles. The quantitative estimate of drug-likeness (QED) is 0.577. The predicted molar refractivity (Wildman–Crippen MR) is 111 cm³/mol. The molecule has 0 radical (unpaired) electrons. The number of halogens is 1. The Hall–Kier alpha value is -1.56. The molecule has 0 aliphatic rings. The van der Waals surface area contributed by atoms with Gasteiger partial charge in [-0.05, 0) is 63.8 Å². The number of ether oxygens (including phenoxy) is 2. The van der Waals surface area contributed by atoms with Crippen LogP contribution in [0.25, 0.3) is 0 Å². The third-order valence-electron chi connectivity index (χ3n) is 4.08. The summed E-state index contributed by atoms with van der Waals surface area (Å²) in [5.41, 5.74) is 3.54. The van der Waals surface area contributed by atoms with Crippen molar-refractivity contribution < 1.29 is 9.47 Å². The fourth-order valence-electron chi connectivity index (χ4n) is 2.69. The Morgan fingerprint density at radius 2 is 1.92 bits per heavy atom. The average Bonchev–Trinajstić information content (AvgIpc) is 2.60. The van der Waals surface area contributed by atoms with Crippen molar-refractivity contribution in [1.82, 2.24) is 10.2 Å². The zero-order valence-corrected chi connectivity index (χ0v) is 17.7. The predicted octanol–water partition coefficient (Wildman–Crippen LogP) is 4.39. The van der Waals surface area contributed by atoms with Gasteiger partial charge in [0.05, 0.1) is 7.11 Å². The first-order chi connectivity index (χ1) is 12.5. The maximum atomic E-state index is 5.99. The highest BCUT2D eigenvalue weighted by Gasteiger charge is 2.11. The zero-order chi connectivity index (χ0) is 18.9. The number of nitrogens with one attached hydrogen (secondary N) is 1. The molecule has 0 aliphatic heterocycles. The van der Waals surface area contributed by atoms with Crippen LogP contribution < -0.4 is 14.8 Å². The monoisotopic (exact) mass is 420 g/mol. The number of methoxy groups -OCH3 is 1. The molecule has 2 aromatic rings. The minimum absolute atomic E-state index is 0.520. The Labute approximate surface area is 165 Å². The highest BCUT2D eigenvalue weighted by molar-refractivity contribution is 9.10. The summed E-state index contributed by atoms with van der Waals surface area (Å²) < 4.78 is 12.6. The molecule has 0 saturated heterocycles. The molecule has 26 heavy (non-hydrogen) atoms. The van der Waals surface area contributed by atoms with Gasteiger partial charge in [-0.1, -0.05) is 45.8 Å². The van der Waals surface area contributed by atoms with Gasteiger partial charge < -0.3 is 19.7 Å². The summed E-state index contributed by atoms with van der Waals surface area (Å²) in [5, 5.41) is 3.48. The molecule has 0 bridgehead atoms. The molecular formula is C21H29BrN2O2. The van der Waals surface area contributed by atoms with Gasteiger partial charge in [0.2, 0.25) is 0 Å². The van der Waals surface area contributed by atoms with Crippen molar-refractivity contribution in [3.8, 4) is 11.5 Å². The van der Waals surface area contributed by atoms with Gasteiger partial charge in [0, 0.05) is 11.0 Å². The smallest absolute Gasteiger partial charge is 0.162 e. The molecule has 2 rings (SSSR count). The van der Waals surface area contributed by atoms with Gasteiger partial charge in [-0.15, -0.1) is 0 Å². The fourth-order valence-corrected chi connectivity index (χ4v) is 3.15. The lowest BCUT2D eigenvalue weighted by Crippen LogP contribution is -2.21. The fraction of sp³-hybridized carbons (Fsp3) is 0.429. The summed E-state index contributed by atoms with van der Waals surface area (Å²) in [7, 11) is 5.87. The van der Waals surface area contributed by atoms with Crippen LogP contribution in [0.5, 0.6) is 11.5 Å². The van der Waals surface area contributed by atoms with Gasteiger partial charge >= 0.3 is 0 Å². The van der Waals surface area contributed by atoms with E-state index < -0.39 is 0 Å². The van der Waals surface area contributed by atoms with Gasteiger partial charge in [-0.3, -0.25) is 0 Å². The van der Waals surface area contributed by atoms with Crippen LogP contribution in [0.2, 0.25) is 0 Å². The van der Waals surface area contributed by atoms with E-state index in [0.29, 0.717) is 6.61 Å². The van der Waals surface area contributed by atoms with Crippen molar-refractivity contribution in [2.75, 3.05) is 34.3 Å². The lowest BCUT2D eigenvalue weighted by Gasteiger charge is -2.15. The van der Waals surface area contributed by atoms with E-state index in [1.807, 2.05) is 18.2 Å². The molecule has 2 aromatic carbocycles. The molecule has 4 nitrogen and oxygen atoms in total. The van der Waals surface area contributed by atoms with E-state index in [9.17, 15) is 0 Å². The van der Waals surface area contributed by atoms with Crippen LogP contribution in [0.1, 0.15) is 23.1 Å². The normalized spacial score (nSPS) is 11.0. The summed E-state index contributed by atoms with van der Waals surface area (Å²) in [6.07, 6.45) is 1.12. The lowest BCUT2D eigenvalue weighted by molar-refractivity contribution is 0.284. The van der Waals surface area contributed by atoms with E-state index in [1.165, 1.54) is 5.56 Å². The molecule has 0 atom stereocenters. The van der Waals surface area contributed by atoms with Crippen molar-refractivity contribution in [3.05, 3.63) is 57.6 Å². The first-order valence-electron chi connectivity index (χ1n) is 8.90. The first kappa shape index (κ1) is 20.7. The Balaban J connectivity index is 1.97. The summed E-state index contributed by atoms with van der Waals surface area (Å²) in [5.74, 6) is 1.50. The SMILES string of the molecule is COc1cc(CNCCCN(C)C)c(Br)cc1OCc1cccc(C)c1. The minimum atomic E-state index is 0.520. The van der Waals surface area contributed by atoms with Crippen LogP contribution in [0.3, 0.4) is 0 Å². The van der Waals surface area contributed by atoms with E-state index in [2.05, 4.69) is 65.4 Å². The van der Waals surface area contributed by atoms with Crippen LogP contribution in [0, 0.1) is 6.92 Å². The molecular weight excluding hydrogens is 392 g/mol. The van der Waals surface area contributed by atoms with Crippen molar-refractivity contribution in [2.45, 2.75) is 26.5 Å². The second-order valence-electron chi connectivity index (χ2n) is 6.71. The van der Waals surface area contributed by atoms with Gasteiger partial charge in [0.15, 0.2) is 11.5 Å². The van der Waals surface area contributed by atoms with Crippen LogP contribution in [-0.2, 0) is 13.2 Å². The largest absolute Gasteiger partial charge is 0.493 e. The van der Waals surface area contributed by atoms with Gasteiger partial charge in [0.1, 0.15) is 6.61 Å². The second-order valence-corrected chi connectivity index (χ2v) is 7.56. The second kappa shape index (κ2) is 10.6. The third-order valence-corrected chi connectivity index (χ3v) is 4.82. The average molecular weight is 421 g/mol. The molecule has 0 saturated carbocycles. The highest BCUT2D eigenvalue weighted by atomic mass is 79.9. The maximum absolute atomic E-state index is 5.99. The third kappa shape index (κ3) is 6.63. The number of hydrogen-bond acceptors (Lipinski definition) is 4. The molecule has 5 heteroatoms. The van der Waals surface area contributed by atoms with Gasteiger partial charge in [-0.25, -0.2) is 0 Å². The van der Waals surface area contributed by atoms with Crippen LogP contribution in [-0.4, -0.2) is 39.2 Å². The number of benzene rings is 2. The van der Waals surface area contributed by atoms with Gasteiger partial charge in [-0.2, -0.15) is 0 Å². The molecule has 0 aliphatic carbocycles. The summed E-state index contributed by atoms with van der Waals surface area (Å²) in [6.45, 7) is 5.47. The summed E-state index contributed by atoms with van der Waals surface area (Å²) in [4.78, 5) is 2.20. The molecule has 0 amide bonds. The van der Waals surface area contributed by atoms with Crippen LogP contribution in [0.15, 0.2) is 40.9 Å². The number of hydrogen-bond donors (Lipinski definition) is 1. The van der Waals surface area contributed by atoms with E-state index in [-0.39, 0.29) is 0 Å². The lowest BCUT2D eigenvalue weighted by atomic mass is 10.1. The molecule has 0 spiro atoms. The Kier molecular flexibility index (Phi) is 8.42. The van der Waals surface area contributed by atoms with Crippen molar-refractivity contribution >= 4 is 15.9 Å². The zero-order valence-electron chi connectivity index (χ0n) is 16.1.